The quantitative estimate of drug-likeness (QED) is 0.795. The van der Waals surface area contributed by atoms with Crippen LogP contribution in [-0.2, 0) is 9.59 Å². The van der Waals surface area contributed by atoms with Gasteiger partial charge in [-0.2, -0.15) is 0 Å². The van der Waals surface area contributed by atoms with E-state index >= 15 is 0 Å². The van der Waals surface area contributed by atoms with Gasteiger partial charge in [0.05, 0.1) is 6.54 Å². The van der Waals surface area contributed by atoms with E-state index in [2.05, 4.69) is 0 Å². The third-order valence-electron chi connectivity index (χ3n) is 3.12. The molecule has 5 nitrogen and oxygen atoms in total. The lowest BCUT2D eigenvalue weighted by Gasteiger charge is -2.25. The van der Waals surface area contributed by atoms with Crippen molar-refractivity contribution in [3.8, 4) is 5.75 Å². The molecule has 0 saturated carbocycles. The minimum atomic E-state index is -0.649. The molecule has 1 rings (SSSR count). The Hall–Kier alpha value is -2.04. The molecule has 1 aromatic carbocycles. The number of benzene rings is 1. The summed E-state index contributed by atoms with van der Waals surface area (Å²) in [7, 11) is 0. The van der Waals surface area contributed by atoms with Crippen molar-refractivity contribution in [1.82, 2.24) is 4.90 Å². The number of unbranched alkanes of at least 4 members (excludes halogenated alkanes) is 1. The summed E-state index contributed by atoms with van der Waals surface area (Å²) in [4.78, 5) is 24.9. The van der Waals surface area contributed by atoms with Gasteiger partial charge in [-0.1, -0.05) is 31.0 Å². The van der Waals surface area contributed by atoms with E-state index in [-0.39, 0.29) is 12.5 Å². The van der Waals surface area contributed by atoms with Crippen molar-refractivity contribution >= 4 is 11.8 Å². The number of aryl methyl sites for hydroxylation is 1. The molecule has 0 radical (unpaired) electrons. The summed E-state index contributed by atoms with van der Waals surface area (Å²) in [5, 5.41) is 0. The zero-order valence-corrected chi connectivity index (χ0v) is 13.0. The Bertz CT molecular complexity index is 471. The van der Waals surface area contributed by atoms with Crippen LogP contribution in [0.2, 0.25) is 0 Å². The van der Waals surface area contributed by atoms with E-state index in [0.717, 1.165) is 18.4 Å². The molecule has 21 heavy (non-hydrogen) atoms. The van der Waals surface area contributed by atoms with Crippen LogP contribution in [0.1, 0.15) is 32.3 Å². The summed E-state index contributed by atoms with van der Waals surface area (Å²) in [6.07, 6.45) is 1.12. The summed E-state index contributed by atoms with van der Waals surface area (Å²) < 4.78 is 5.63. The first-order chi connectivity index (χ1) is 9.93. The van der Waals surface area contributed by atoms with Crippen LogP contribution in [0.3, 0.4) is 0 Å². The number of rotatable bonds is 8. The number of nitrogens with two attached hydrogens (primary N) is 1. The Labute approximate surface area is 126 Å². The van der Waals surface area contributed by atoms with Crippen molar-refractivity contribution in [2.75, 3.05) is 13.1 Å². The van der Waals surface area contributed by atoms with Gasteiger partial charge in [-0.3, -0.25) is 9.59 Å². The SMILES string of the molecule is CCCCN(CC(N)=O)C(=O)[C@@H](C)Oc1ccc(C)cc1. The number of hydrogen-bond acceptors (Lipinski definition) is 3. The first kappa shape index (κ1) is 17.0. The lowest BCUT2D eigenvalue weighted by molar-refractivity contribution is -0.140. The van der Waals surface area contributed by atoms with Gasteiger partial charge in [0, 0.05) is 6.54 Å². The Morgan fingerprint density at radius 1 is 1.29 bits per heavy atom. The topological polar surface area (TPSA) is 72.6 Å². The zero-order valence-electron chi connectivity index (χ0n) is 13.0. The van der Waals surface area contributed by atoms with Gasteiger partial charge in [0.2, 0.25) is 5.91 Å². The number of carbonyl (C=O) groups excluding carboxylic acids is 2. The molecule has 0 heterocycles. The molecular formula is C16H24N2O3. The maximum absolute atomic E-state index is 12.3. The molecule has 0 bridgehead atoms. The number of amides is 2. The van der Waals surface area contributed by atoms with Gasteiger partial charge >= 0.3 is 0 Å². The van der Waals surface area contributed by atoms with Crippen LogP contribution in [0.15, 0.2) is 24.3 Å². The number of primary amides is 1. The standard InChI is InChI=1S/C16H24N2O3/c1-4-5-10-18(11-15(17)19)16(20)13(3)21-14-8-6-12(2)7-9-14/h6-9,13H,4-5,10-11H2,1-3H3,(H2,17,19)/t13-/m1/s1. The molecule has 0 aliphatic rings. The zero-order chi connectivity index (χ0) is 15.8. The van der Waals surface area contributed by atoms with Gasteiger partial charge in [0.1, 0.15) is 5.75 Å². The molecule has 0 fully saturated rings. The van der Waals surface area contributed by atoms with Crippen LogP contribution in [0.4, 0.5) is 0 Å². The van der Waals surface area contributed by atoms with Gasteiger partial charge in [0.15, 0.2) is 6.10 Å². The second-order valence-corrected chi connectivity index (χ2v) is 5.15. The Balaban J connectivity index is 2.67. The van der Waals surface area contributed by atoms with Crippen molar-refractivity contribution in [3.05, 3.63) is 29.8 Å². The van der Waals surface area contributed by atoms with Crippen molar-refractivity contribution in [1.29, 1.82) is 0 Å². The van der Waals surface area contributed by atoms with Crippen LogP contribution >= 0.6 is 0 Å². The van der Waals surface area contributed by atoms with Crippen molar-refractivity contribution < 1.29 is 14.3 Å². The summed E-state index contributed by atoms with van der Waals surface area (Å²) in [5.41, 5.74) is 6.32. The summed E-state index contributed by atoms with van der Waals surface area (Å²) in [5.74, 6) is -0.0965. The highest BCUT2D eigenvalue weighted by Gasteiger charge is 2.22. The van der Waals surface area contributed by atoms with Gasteiger partial charge in [0.25, 0.3) is 5.91 Å². The predicted octanol–water partition coefficient (Wildman–Crippen LogP) is 1.88. The lowest BCUT2D eigenvalue weighted by Crippen LogP contribution is -2.45. The number of hydrogen-bond donors (Lipinski definition) is 1. The van der Waals surface area contributed by atoms with E-state index in [1.165, 1.54) is 4.90 Å². The van der Waals surface area contributed by atoms with Gasteiger partial charge in [-0.05, 0) is 32.4 Å². The van der Waals surface area contributed by atoms with Gasteiger partial charge in [-0.25, -0.2) is 0 Å². The molecule has 0 saturated heterocycles. The molecule has 0 aliphatic carbocycles. The van der Waals surface area contributed by atoms with Gasteiger partial charge in [-0.15, -0.1) is 0 Å². The molecule has 0 aliphatic heterocycles. The highest BCUT2D eigenvalue weighted by Crippen LogP contribution is 2.14. The molecule has 1 atom stereocenters. The van der Waals surface area contributed by atoms with E-state index in [9.17, 15) is 9.59 Å². The molecule has 2 N–H and O–H groups in total. The van der Waals surface area contributed by atoms with Crippen LogP contribution < -0.4 is 10.5 Å². The molecule has 1 aromatic rings. The molecule has 5 heteroatoms. The highest BCUT2D eigenvalue weighted by molar-refractivity contribution is 5.86. The number of nitrogens with zero attached hydrogens (tertiary/aromatic N) is 1. The third-order valence-corrected chi connectivity index (χ3v) is 3.12. The molecule has 0 aromatic heterocycles. The van der Waals surface area contributed by atoms with E-state index < -0.39 is 12.0 Å². The minimum absolute atomic E-state index is 0.0690. The van der Waals surface area contributed by atoms with Crippen LogP contribution in [0.5, 0.6) is 5.75 Å². The van der Waals surface area contributed by atoms with E-state index in [1.807, 2.05) is 38.1 Å². The predicted molar refractivity (Wildman–Crippen MR) is 82.0 cm³/mol. The first-order valence-electron chi connectivity index (χ1n) is 7.24. The van der Waals surface area contributed by atoms with E-state index in [1.54, 1.807) is 6.92 Å². The number of ether oxygens (including phenoxy) is 1. The maximum atomic E-state index is 12.3. The van der Waals surface area contributed by atoms with Gasteiger partial charge < -0.3 is 15.4 Å². The van der Waals surface area contributed by atoms with E-state index in [4.69, 9.17) is 10.5 Å². The van der Waals surface area contributed by atoms with E-state index in [0.29, 0.717) is 12.3 Å². The Morgan fingerprint density at radius 2 is 1.90 bits per heavy atom. The summed E-state index contributed by atoms with van der Waals surface area (Å²) in [6.45, 7) is 6.14. The smallest absolute Gasteiger partial charge is 0.263 e. The number of carbonyl (C=O) groups is 2. The molecule has 0 spiro atoms. The lowest BCUT2D eigenvalue weighted by atomic mass is 10.2. The third kappa shape index (κ3) is 5.85. The molecule has 116 valence electrons. The first-order valence-corrected chi connectivity index (χ1v) is 7.24. The molecular weight excluding hydrogens is 268 g/mol. The minimum Gasteiger partial charge on any atom is -0.481 e. The normalized spacial score (nSPS) is 11.8. The van der Waals surface area contributed by atoms with Crippen LogP contribution in [0.25, 0.3) is 0 Å². The van der Waals surface area contributed by atoms with Crippen LogP contribution in [-0.4, -0.2) is 35.9 Å². The fourth-order valence-electron chi connectivity index (χ4n) is 1.93. The fourth-order valence-corrected chi connectivity index (χ4v) is 1.93. The average Bonchev–Trinajstić information content (AvgIpc) is 2.44. The fraction of sp³-hybridized carbons (Fsp3) is 0.500. The Morgan fingerprint density at radius 3 is 2.43 bits per heavy atom. The second kappa shape index (κ2) is 8.29. The monoisotopic (exact) mass is 292 g/mol. The van der Waals surface area contributed by atoms with Crippen molar-refractivity contribution in [2.24, 2.45) is 5.73 Å². The molecule has 0 unspecified atom stereocenters. The molecule has 2 amide bonds. The van der Waals surface area contributed by atoms with Crippen molar-refractivity contribution in [2.45, 2.75) is 39.7 Å². The average molecular weight is 292 g/mol. The van der Waals surface area contributed by atoms with Crippen molar-refractivity contribution in [3.63, 3.8) is 0 Å². The second-order valence-electron chi connectivity index (χ2n) is 5.15. The largest absolute Gasteiger partial charge is 0.481 e. The van der Waals surface area contributed by atoms with Crippen LogP contribution in [0, 0.1) is 6.92 Å². The maximum Gasteiger partial charge on any atom is 0.263 e. The highest BCUT2D eigenvalue weighted by atomic mass is 16.5. The summed E-state index contributed by atoms with van der Waals surface area (Å²) in [6, 6.07) is 7.49. The summed E-state index contributed by atoms with van der Waals surface area (Å²) >= 11 is 0. The Kier molecular flexibility index (Phi) is 6.72.